The predicted molar refractivity (Wildman–Crippen MR) is 83.3 cm³/mol. The van der Waals surface area contributed by atoms with Gasteiger partial charge in [0.2, 0.25) is 0 Å². The van der Waals surface area contributed by atoms with E-state index in [-0.39, 0.29) is 19.1 Å². The van der Waals surface area contributed by atoms with Crippen LogP contribution in [0.15, 0.2) is 18.2 Å². The molecule has 3 amide bonds. The van der Waals surface area contributed by atoms with Gasteiger partial charge in [-0.25, -0.2) is 9.18 Å². The van der Waals surface area contributed by atoms with Gasteiger partial charge in [-0.15, -0.1) is 0 Å². The number of rotatable bonds is 6. The van der Waals surface area contributed by atoms with Crippen LogP contribution in [0.25, 0.3) is 0 Å². The van der Waals surface area contributed by atoms with Crippen molar-refractivity contribution >= 4 is 23.5 Å². The number of urea groups is 1. The molecule has 1 aromatic rings. The lowest BCUT2D eigenvalue weighted by Crippen LogP contribution is -3.09. The van der Waals surface area contributed by atoms with Crippen molar-refractivity contribution in [2.75, 3.05) is 13.6 Å². The molecule has 0 aliphatic rings. The van der Waals surface area contributed by atoms with Crippen molar-refractivity contribution in [1.29, 1.82) is 0 Å². The van der Waals surface area contributed by atoms with Crippen LogP contribution in [0, 0.1) is 5.82 Å². The number of halogens is 2. The average molecular weight is 331 g/mol. The molecule has 1 aromatic carbocycles. The summed E-state index contributed by atoms with van der Waals surface area (Å²) >= 11 is 5.95. The maximum absolute atomic E-state index is 13.7. The number of likely N-dealkylation sites (N-methyl/N-ethyl adjacent to an activating group) is 1. The van der Waals surface area contributed by atoms with E-state index in [1.165, 1.54) is 12.1 Å². The summed E-state index contributed by atoms with van der Waals surface area (Å²) in [6.07, 6.45) is 0.776. The molecule has 122 valence electrons. The second-order valence-corrected chi connectivity index (χ2v) is 5.75. The molecule has 2 atom stereocenters. The third kappa shape index (κ3) is 5.99. The van der Waals surface area contributed by atoms with Crippen molar-refractivity contribution in [1.82, 2.24) is 10.6 Å². The Hall–Kier alpha value is -1.66. The molecule has 1 rings (SSSR count). The quantitative estimate of drug-likeness (QED) is 0.732. The minimum atomic E-state index is -0.518. The summed E-state index contributed by atoms with van der Waals surface area (Å²) < 4.78 is 13.7. The molecule has 0 heterocycles. The van der Waals surface area contributed by atoms with Crippen LogP contribution in [0.1, 0.15) is 25.8 Å². The number of hydrogen-bond donors (Lipinski definition) is 3. The molecule has 0 bridgehead atoms. The summed E-state index contributed by atoms with van der Waals surface area (Å²) in [5.41, 5.74) is 0.360. The topological polar surface area (TPSA) is 62.6 Å². The van der Waals surface area contributed by atoms with Crippen molar-refractivity contribution in [2.24, 2.45) is 0 Å². The van der Waals surface area contributed by atoms with Crippen LogP contribution in [0.3, 0.4) is 0 Å². The Morgan fingerprint density at radius 3 is 2.68 bits per heavy atom. The van der Waals surface area contributed by atoms with Crippen molar-refractivity contribution in [3.05, 3.63) is 34.6 Å². The molecule has 0 fully saturated rings. The third-order valence-corrected chi connectivity index (χ3v) is 3.60. The Morgan fingerprint density at radius 1 is 1.41 bits per heavy atom. The molecule has 5 nitrogen and oxygen atoms in total. The van der Waals surface area contributed by atoms with E-state index in [1.54, 1.807) is 13.1 Å². The maximum Gasteiger partial charge on any atom is 0.321 e. The summed E-state index contributed by atoms with van der Waals surface area (Å²) in [6.45, 7) is 4.08. The molecular formula is C15H22ClFN3O2+. The number of nitrogens with one attached hydrogen (secondary N) is 3. The zero-order valence-corrected chi connectivity index (χ0v) is 13.8. The lowest BCUT2D eigenvalue weighted by Gasteiger charge is -2.16. The first-order valence-corrected chi connectivity index (χ1v) is 7.55. The number of carbonyl (C=O) groups is 2. The monoisotopic (exact) mass is 330 g/mol. The highest BCUT2D eigenvalue weighted by molar-refractivity contribution is 6.31. The lowest BCUT2D eigenvalue weighted by molar-refractivity contribution is -0.885. The van der Waals surface area contributed by atoms with Gasteiger partial charge in [-0.3, -0.25) is 10.1 Å². The van der Waals surface area contributed by atoms with Crippen molar-refractivity contribution < 1.29 is 18.9 Å². The van der Waals surface area contributed by atoms with Crippen LogP contribution in [-0.4, -0.2) is 31.6 Å². The highest BCUT2D eigenvalue weighted by Crippen LogP contribution is 2.17. The maximum atomic E-state index is 13.7. The second-order valence-electron chi connectivity index (χ2n) is 5.34. The first-order valence-electron chi connectivity index (χ1n) is 7.18. The van der Waals surface area contributed by atoms with E-state index in [2.05, 4.69) is 10.6 Å². The zero-order valence-electron chi connectivity index (χ0n) is 13.0. The van der Waals surface area contributed by atoms with Crippen molar-refractivity contribution in [2.45, 2.75) is 32.9 Å². The Labute approximate surface area is 134 Å². The fourth-order valence-corrected chi connectivity index (χ4v) is 2.10. The number of benzene rings is 1. The normalized spacial score (nSPS) is 13.3. The van der Waals surface area contributed by atoms with Crippen LogP contribution in [-0.2, 0) is 11.3 Å². The minimum absolute atomic E-state index is 0.00454. The number of hydrogen-bond acceptors (Lipinski definition) is 2. The number of carbonyl (C=O) groups excluding carboxylic acids is 2. The first kappa shape index (κ1) is 18.4. The molecule has 0 spiro atoms. The van der Waals surface area contributed by atoms with E-state index < -0.39 is 17.8 Å². The molecule has 0 aliphatic carbocycles. The molecule has 0 saturated heterocycles. The number of quaternary nitrogens is 1. The van der Waals surface area contributed by atoms with Crippen molar-refractivity contribution in [3.63, 3.8) is 0 Å². The summed E-state index contributed by atoms with van der Waals surface area (Å²) in [4.78, 5) is 24.0. The van der Waals surface area contributed by atoms with Gasteiger partial charge >= 0.3 is 6.03 Å². The van der Waals surface area contributed by atoms with Gasteiger partial charge in [-0.2, -0.15) is 0 Å². The lowest BCUT2D eigenvalue weighted by atomic mass is 10.2. The summed E-state index contributed by atoms with van der Waals surface area (Å²) in [7, 11) is 1.73. The van der Waals surface area contributed by atoms with Crippen LogP contribution in [0.4, 0.5) is 9.18 Å². The standard InChI is InChI=1S/C15H21ClFN3O2/c1-4-10(2)18-15(22)19-14(21)9-20(3)8-11-12(16)6-5-7-13(11)17/h5-7,10H,4,8-9H2,1-3H3,(H2,18,19,21,22)/p+1/t10-/m0/s1. The average Bonchev–Trinajstić information content (AvgIpc) is 2.42. The van der Waals surface area contributed by atoms with Crippen LogP contribution in [0.2, 0.25) is 5.02 Å². The Morgan fingerprint density at radius 2 is 2.09 bits per heavy atom. The van der Waals surface area contributed by atoms with E-state index in [1.807, 2.05) is 13.8 Å². The van der Waals surface area contributed by atoms with Crippen LogP contribution in [0.5, 0.6) is 0 Å². The first-order chi connectivity index (χ1) is 10.3. The molecule has 3 N–H and O–H groups in total. The fraction of sp³-hybridized carbons (Fsp3) is 0.467. The van der Waals surface area contributed by atoms with E-state index in [0.29, 0.717) is 10.6 Å². The van der Waals surface area contributed by atoms with Gasteiger partial charge in [0.25, 0.3) is 5.91 Å². The van der Waals surface area contributed by atoms with E-state index in [9.17, 15) is 14.0 Å². The summed E-state index contributed by atoms with van der Waals surface area (Å²) in [5.74, 6) is -0.826. The van der Waals surface area contributed by atoms with Crippen LogP contribution < -0.4 is 15.5 Å². The summed E-state index contributed by atoms with van der Waals surface area (Å²) in [5, 5.41) is 5.22. The van der Waals surface area contributed by atoms with E-state index in [0.717, 1.165) is 11.3 Å². The van der Waals surface area contributed by atoms with Gasteiger partial charge in [0.1, 0.15) is 12.4 Å². The Bertz CT molecular complexity index is 519. The molecule has 0 aromatic heterocycles. The SMILES string of the molecule is CC[C@H](C)NC(=O)NC(=O)C[NH+](C)Cc1c(F)cccc1Cl. The third-order valence-electron chi connectivity index (χ3n) is 3.25. The van der Waals surface area contributed by atoms with E-state index in [4.69, 9.17) is 11.6 Å². The van der Waals surface area contributed by atoms with Gasteiger partial charge in [-0.1, -0.05) is 24.6 Å². The van der Waals surface area contributed by atoms with Gasteiger partial charge < -0.3 is 10.2 Å². The van der Waals surface area contributed by atoms with Crippen LogP contribution >= 0.6 is 11.6 Å². The molecule has 22 heavy (non-hydrogen) atoms. The number of amides is 3. The molecule has 0 aliphatic heterocycles. The Balaban J connectivity index is 2.49. The summed E-state index contributed by atoms with van der Waals surface area (Å²) in [6, 6.07) is 3.94. The van der Waals surface area contributed by atoms with Gasteiger partial charge in [0.15, 0.2) is 6.54 Å². The highest BCUT2D eigenvalue weighted by atomic mass is 35.5. The number of imide groups is 1. The molecule has 7 heteroatoms. The predicted octanol–water partition coefficient (Wildman–Crippen LogP) is 1.12. The van der Waals surface area contributed by atoms with E-state index >= 15 is 0 Å². The van der Waals surface area contributed by atoms with Gasteiger partial charge in [0.05, 0.1) is 17.6 Å². The largest absolute Gasteiger partial charge is 0.335 e. The van der Waals surface area contributed by atoms with Gasteiger partial charge in [-0.05, 0) is 25.5 Å². The van der Waals surface area contributed by atoms with Crippen molar-refractivity contribution in [3.8, 4) is 0 Å². The Kier molecular flexibility index (Phi) is 7.27. The molecular weight excluding hydrogens is 309 g/mol. The molecule has 0 radical (unpaired) electrons. The van der Waals surface area contributed by atoms with Gasteiger partial charge in [0, 0.05) is 6.04 Å². The zero-order chi connectivity index (χ0) is 16.7. The fourth-order valence-electron chi connectivity index (χ4n) is 1.87. The minimum Gasteiger partial charge on any atom is -0.335 e. The highest BCUT2D eigenvalue weighted by Gasteiger charge is 2.17. The molecule has 1 unspecified atom stereocenters. The molecule has 0 saturated carbocycles. The second kappa shape index (κ2) is 8.70. The smallest absolute Gasteiger partial charge is 0.321 e.